The highest BCUT2D eigenvalue weighted by Crippen LogP contribution is 2.45. The van der Waals surface area contributed by atoms with Gasteiger partial charge in [0.05, 0.1) is 53.1 Å². The Morgan fingerprint density at radius 1 is 1.06 bits per heavy atom. The van der Waals surface area contributed by atoms with E-state index in [9.17, 15) is 24.8 Å². The average molecular weight is 512 g/mol. The number of aromatic carboxylic acids is 1. The molecule has 33 heavy (non-hydrogen) atoms. The van der Waals surface area contributed by atoms with Crippen LogP contribution in [0.5, 0.6) is 0 Å². The number of carboxylic acid groups (broad SMARTS) is 1. The number of carbonyl (C=O) groups is 3. The molecule has 0 radical (unpaired) electrons. The molecule has 0 amide bonds. The van der Waals surface area contributed by atoms with Gasteiger partial charge in [-0.15, -0.1) is 0 Å². The van der Waals surface area contributed by atoms with Gasteiger partial charge in [0.15, 0.2) is 0 Å². The third-order valence-electron chi connectivity index (χ3n) is 5.06. The minimum absolute atomic E-state index is 0.0260. The van der Waals surface area contributed by atoms with Gasteiger partial charge in [-0.25, -0.2) is 14.4 Å². The van der Waals surface area contributed by atoms with Crippen LogP contribution in [0.15, 0.2) is 75.7 Å². The molecule has 0 saturated heterocycles. The molecule has 2 aromatic rings. The fraction of sp³-hybridized carbons (Fsp3) is 0.130. The van der Waals surface area contributed by atoms with E-state index in [0.29, 0.717) is 5.56 Å². The van der Waals surface area contributed by atoms with Crippen LogP contribution in [0, 0.1) is 11.3 Å². The Kier molecular flexibility index (Phi) is 6.84. The van der Waals surface area contributed by atoms with Crippen molar-refractivity contribution >= 4 is 39.5 Å². The van der Waals surface area contributed by atoms with E-state index in [2.05, 4.69) is 15.9 Å². The molecule has 0 bridgehead atoms. The Morgan fingerprint density at radius 2 is 1.70 bits per heavy atom. The first kappa shape index (κ1) is 23.6. The molecule has 0 fully saturated rings. The van der Waals surface area contributed by atoms with E-state index in [1.807, 2.05) is 6.07 Å². The van der Waals surface area contributed by atoms with E-state index in [-0.39, 0.29) is 38.4 Å². The zero-order valence-corrected chi connectivity index (χ0v) is 19.1. The number of hydrogen-bond donors (Lipinski definition) is 2. The maximum atomic E-state index is 13.0. The highest BCUT2D eigenvalue weighted by molar-refractivity contribution is 9.10. The lowest BCUT2D eigenvalue weighted by atomic mass is 9.81. The van der Waals surface area contributed by atoms with E-state index >= 15 is 0 Å². The minimum Gasteiger partial charge on any atom is -0.478 e. The largest absolute Gasteiger partial charge is 0.478 e. The summed E-state index contributed by atoms with van der Waals surface area (Å²) in [5, 5.41) is 19.5. The molecule has 2 aromatic carbocycles. The maximum Gasteiger partial charge on any atom is 0.355 e. The van der Waals surface area contributed by atoms with Gasteiger partial charge in [0.1, 0.15) is 11.5 Å². The summed E-state index contributed by atoms with van der Waals surface area (Å²) in [6.45, 7) is 0. The molecule has 168 valence electrons. The second-order valence-electron chi connectivity index (χ2n) is 6.78. The monoisotopic (exact) mass is 511 g/mol. The highest BCUT2D eigenvalue weighted by atomic mass is 79.9. The van der Waals surface area contributed by atoms with Gasteiger partial charge in [-0.05, 0) is 33.6 Å². The number of rotatable bonds is 5. The first-order valence-electron chi connectivity index (χ1n) is 9.45. The zero-order chi connectivity index (χ0) is 24.3. The summed E-state index contributed by atoms with van der Waals surface area (Å²) in [6.07, 6.45) is 0. The SMILES string of the molecule is COC(=O)C1=C(C(=O)OC)N(c2cccc(C(=O)O)c2Br)C(N)=C(C#N)C1c1ccccc1. The number of allylic oxidation sites excluding steroid dienone is 1. The zero-order valence-electron chi connectivity index (χ0n) is 17.5. The van der Waals surface area contributed by atoms with Crippen molar-refractivity contribution in [3.63, 3.8) is 0 Å². The number of nitriles is 1. The quantitative estimate of drug-likeness (QED) is 0.578. The lowest BCUT2D eigenvalue weighted by Gasteiger charge is -2.36. The lowest BCUT2D eigenvalue weighted by Crippen LogP contribution is -2.41. The molecule has 10 heteroatoms. The van der Waals surface area contributed by atoms with Crippen molar-refractivity contribution in [2.45, 2.75) is 5.92 Å². The number of methoxy groups -OCH3 is 2. The number of hydrogen-bond acceptors (Lipinski definition) is 8. The van der Waals surface area contributed by atoms with Gasteiger partial charge >= 0.3 is 17.9 Å². The summed E-state index contributed by atoms with van der Waals surface area (Å²) in [5.41, 5.74) is 6.43. The molecule has 9 nitrogen and oxygen atoms in total. The van der Waals surface area contributed by atoms with Crippen LogP contribution in [0.3, 0.4) is 0 Å². The van der Waals surface area contributed by atoms with Crippen molar-refractivity contribution in [1.82, 2.24) is 0 Å². The standard InChI is InChI=1S/C23H18BrN3O6/c1-32-22(30)17-16(12-7-4-3-5-8-12)14(11-25)20(26)27(19(17)23(31)33-2)15-10-6-9-13(18(15)24)21(28)29/h3-10,16H,26H2,1-2H3,(H,28,29). The number of halogens is 1. The molecule has 1 unspecified atom stereocenters. The third kappa shape index (κ3) is 4.06. The number of ether oxygens (including phenoxy) is 2. The molecule has 1 heterocycles. The Morgan fingerprint density at radius 3 is 2.24 bits per heavy atom. The van der Waals surface area contributed by atoms with Crippen molar-refractivity contribution in [2.75, 3.05) is 19.1 Å². The van der Waals surface area contributed by atoms with Crippen LogP contribution >= 0.6 is 15.9 Å². The second kappa shape index (κ2) is 9.58. The van der Waals surface area contributed by atoms with Crippen LogP contribution in [0.1, 0.15) is 21.8 Å². The number of nitrogens with zero attached hydrogens (tertiary/aromatic N) is 2. The lowest BCUT2D eigenvalue weighted by molar-refractivity contribution is -0.139. The number of benzene rings is 2. The maximum absolute atomic E-state index is 13.0. The molecule has 3 rings (SSSR count). The van der Waals surface area contributed by atoms with Crippen LogP contribution in [-0.4, -0.2) is 37.2 Å². The van der Waals surface area contributed by atoms with Crippen molar-refractivity contribution in [2.24, 2.45) is 5.73 Å². The van der Waals surface area contributed by atoms with Crippen LogP contribution in [0.4, 0.5) is 5.69 Å². The summed E-state index contributed by atoms with van der Waals surface area (Å²) in [4.78, 5) is 38.8. The molecular weight excluding hydrogens is 494 g/mol. The van der Waals surface area contributed by atoms with Gasteiger partial charge in [0.2, 0.25) is 0 Å². The number of carbonyl (C=O) groups excluding carboxylic acids is 2. The molecule has 1 aliphatic rings. The predicted molar refractivity (Wildman–Crippen MR) is 121 cm³/mol. The Bertz CT molecular complexity index is 1250. The molecular formula is C23H18BrN3O6. The van der Waals surface area contributed by atoms with Crippen molar-refractivity contribution < 1.29 is 29.0 Å². The van der Waals surface area contributed by atoms with Gasteiger partial charge in [0.25, 0.3) is 0 Å². The molecule has 3 N–H and O–H groups in total. The van der Waals surface area contributed by atoms with Gasteiger partial charge in [-0.1, -0.05) is 36.4 Å². The Labute approximate surface area is 197 Å². The molecule has 0 aliphatic carbocycles. The number of anilines is 1. The van der Waals surface area contributed by atoms with Gasteiger partial charge in [-0.3, -0.25) is 4.90 Å². The summed E-state index contributed by atoms with van der Waals surface area (Å²) in [6, 6.07) is 14.9. The first-order valence-corrected chi connectivity index (χ1v) is 10.2. The number of esters is 2. The summed E-state index contributed by atoms with van der Waals surface area (Å²) in [5.74, 6) is -4.22. The second-order valence-corrected chi connectivity index (χ2v) is 7.57. The summed E-state index contributed by atoms with van der Waals surface area (Å²) in [7, 11) is 2.27. The van der Waals surface area contributed by atoms with E-state index in [1.165, 1.54) is 18.2 Å². The third-order valence-corrected chi connectivity index (χ3v) is 5.89. The van der Waals surface area contributed by atoms with Gasteiger partial charge in [-0.2, -0.15) is 5.26 Å². The van der Waals surface area contributed by atoms with Crippen molar-refractivity contribution in [1.29, 1.82) is 5.26 Å². The van der Waals surface area contributed by atoms with Crippen molar-refractivity contribution in [3.05, 3.63) is 86.8 Å². The van der Waals surface area contributed by atoms with E-state index in [1.54, 1.807) is 30.3 Å². The topological polar surface area (TPSA) is 143 Å². The Balaban J connectivity index is 2.46. The van der Waals surface area contributed by atoms with E-state index in [4.69, 9.17) is 15.2 Å². The highest BCUT2D eigenvalue weighted by Gasteiger charge is 2.43. The van der Waals surface area contributed by atoms with Crippen LogP contribution < -0.4 is 10.6 Å². The average Bonchev–Trinajstić information content (AvgIpc) is 2.83. The number of carboxylic acids is 1. The van der Waals surface area contributed by atoms with Crippen LogP contribution in [-0.2, 0) is 19.1 Å². The van der Waals surface area contributed by atoms with Crippen molar-refractivity contribution in [3.8, 4) is 6.07 Å². The first-order chi connectivity index (χ1) is 15.8. The molecule has 0 aromatic heterocycles. The fourth-order valence-electron chi connectivity index (χ4n) is 3.62. The smallest absolute Gasteiger partial charge is 0.355 e. The predicted octanol–water partition coefficient (Wildman–Crippen LogP) is 3.05. The molecule has 1 aliphatic heterocycles. The van der Waals surface area contributed by atoms with E-state index < -0.39 is 23.8 Å². The fourth-order valence-corrected chi connectivity index (χ4v) is 4.23. The number of nitrogens with two attached hydrogens (primary N) is 1. The Hall–Kier alpha value is -4.10. The van der Waals surface area contributed by atoms with Gasteiger partial charge < -0.3 is 20.3 Å². The van der Waals surface area contributed by atoms with Crippen LogP contribution in [0.2, 0.25) is 0 Å². The minimum atomic E-state index is -1.23. The summed E-state index contributed by atoms with van der Waals surface area (Å²) < 4.78 is 9.99. The molecule has 0 saturated carbocycles. The molecule has 0 spiro atoms. The molecule has 1 atom stereocenters. The van der Waals surface area contributed by atoms with Crippen LogP contribution in [0.25, 0.3) is 0 Å². The van der Waals surface area contributed by atoms with E-state index in [0.717, 1.165) is 19.1 Å². The normalized spacial score (nSPS) is 15.7. The van der Waals surface area contributed by atoms with Gasteiger partial charge in [0, 0.05) is 0 Å². The summed E-state index contributed by atoms with van der Waals surface area (Å²) >= 11 is 3.24.